The van der Waals surface area contributed by atoms with Gasteiger partial charge in [0.2, 0.25) is 0 Å². The molecule has 2 nitrogen and oxygen atoms in total. The fraction of sp³-hybridized carbons (Fsp3) is 0.188. The lowest BCUT2D eigenvalue weighted by Gasteiger charge is -2.22. The van der Waals surface area contributed by atoms with E-state index in [4.69, 9.17) is 0 Å². The maximum Gasteiger partial charge on any atom is 0.152 e. The van der Waals surface area contributed by atoms with Crippen molar-refractivity contribution in [3.63, 3.8) is 0 Å². The summed E-state index contributed by atoms with van der Waals surface area (Å²) in [7, 11) is 1.79. The van der Waals surface area contributed by atoms with Gasteiger partial charge in [0.25, 0.3) is 0 Å². The van der Waals surface area contributed by atoms with Crippen LogP contribution in [0.15, 0.2) is 42.5 Å². The second-order valence-electron chi connectivity index (χ2n) is 4.58. The summed E-state index contributed by atoms with van der Waals surface area (Å²) >= 11 is 0. The number of hydrogen-bond acceptors (Lipinski definition) is 2. The van der Waals surface area contributed by atoms with Gasteiger partial charge in [-0.3, -0.25) is 4.79 Å². The van der Waals surface area contributed by atoms with Crippen molar-refractivity contribution in [1.29, 1.82) is 0 Å². The van der Waals surface area contributed by atoms with Crippen molar-refractivity contribution in [2.24, 2.45) is 0 Å². The number of carbonyl (C=O) groups is 1. The van der Waals surface area contributed by atoms with E-state index >= 15 is 0 Å². The van der Waals surface area contributed by atoms with Crippen molar-refractivity contribution in [2.45, 2.75) is 13.5 Å². The van der Waals surface area contributed by atoms with Crippen LogP contribution in [-0.2, 0) is 6.54 Å². The molecule has 3 heteroatoms. The van der Waals surface area contributed by atoms with Gasteiger partial charge in [-0.25, -0.2) is 4.39 Å². The number of halogens is 1. The van der Waals surface area contributed by atoms with E-state index in [0.717, 1.165) is 11.1 Å². The van der Waals surface area contributed by atoms with Crippen LogP contribution >= 0.6 is 0 Å². The second-order valence-corrected chi connectivity index (χ2v) is 4.58. The van der Waals surface area contributed by atoms with Gasteiger partial charge < -0.3 is 4.90 Å². The molecule has 0 heterocycles. The number of anilines is 1. The first kappa shape index (κ1) is 13.3. The predicted octanol–water partition coefficient (Wildman–Crippen LogP) is 3.58. The molecule has 0 aliphatic heterocycles. The number of para-hydroxylation sites is 1. The van der Waals surface area contributed by atoms with Crippen LogP contribution in [0.4, 0.5) is 10.1 Å². The lowest BCUT2D eigenvalue weighted by Crippen LogP contribution is -2.20. The minimum atomic E-state index is -0.374. The SMILES string of the molecule is Cc1ccccc1CN(C)c1c(F)cccc1C=O. The van der Waals surface area contributed by atoms with E-state index in [0.29, 0.717) is 24.1 Å². The molecule has 0 N–H and O–H groups in total. The number of aryl methyl sites for hydroxylation is 1. The van der Waals surface area contributed by atoms with Gasteiger partial charge in [-0.1, -0.05) is 30.3 Å². The molecule has 0 aliphatic carbocycles. The van der Waals surface area contributed by atoms with Crippen LogP contribution in [-0.4, -0.2) is 13.3 Å². The summed E-state index contributed by atoms with van der Waals surface area (Å²) in [5.74, 6) is -0.374. The molecule has 98 valence electrons. The van der Waals surface area contributed by atoms with Crippen LogP contribution in [0.25, 0.3) is 0 Å². The number of nitrogens with zero attached hydrogens (tertiary/aromatic N) is 1. The second kappa shape index (κ2) is 5.65. The summed E-state index contributed by atoms with van der Waals surface area (Å²) in [4.78, 5) is 12.8. The first-order valence-electron chi connectivity index (χ1n) is 6.13. The Balaban J connectivity index is 2.33. The number of rotatable bonds is 4. The minimum Gasteiger partial charge on any atom is -0.367 e. The van der Waals surface area contributed by atoms with E-state index in [1.807, 2.05) is 31.2 Å². The summed E-state index contributed by atoms with van der Waals surface area (Å²) in [5.41, 5.74) is 2.99. The highest BCUT2D eigenvalue weighted by Crippen LogP contribution is 2.24. The van der Waals surface area contributed by atoms with Gasteiger partial charge in [0.1, 0.15) is 5.82 Å². The average Bonchev–Trinajstić information content (AvgIpc) is 2.40. The van der Waals surface area contributed by atoms with Crippen LogP contribution in [0, 0.1) is 12.7 Å². The first-order chi connectivity index (χ1) is 9.13. The normalized spacial score (nSPS) is 10.3. The molecule has 0 saturated carbocycles. The molecule has 2 aromatic carbocycles. The molecule has 2 rings (SSSR count). The molecule has 0 saturated heterocycles. The predicted molar refractivity (Wildman–Crippen MR) is 75.1 cm³/mol. The average molecular weight is 257 g/mol. The molecule has 0 fully saturated rings. The Kier molecular flexibility index (Phi) is 3.95. The summed E-state index contributed by atoms with van der Waals surface area (Å²) in [6, 6.07) is 12.5. The van der Waals surface area contributed by atoms with Crippen molar-refractivity contribution in [3.8, 4) is 0 Å². The molecular weight excluding hydrogens is 241 g/mol. The summed E-state index contributed by atoms with van der Waals surface area (Å²) in [5, 5.41) is 0. The standard InChI is InChI=1S/C16H16FNO/c1-12-6-3-4-7-13(12)10-18(2)16-14(11-19)8-5-9-15(16)17/h3-9,11H,10H2,1-2H3. The van der Waals surface area contributed by atoms with Gasteiger partial charge in [-0.05, 0) is 30.2 Å². The maximum absolute atomic E-state index is 13.9. The minimum absolute atomic E-state index is 0.348. The van der Waals surface area contributed by atoms with Crippen molar-refractivity contribution < 1.29 is 9.18 Å². The van der Waals surface area contributed by atoms with Crippen molar-refractivity contribution in [3.05, 3.63) is 65.0 Å². The van der Waals surface area contributed by atoms with Crippen LogP contribution in [0.2, 0.25) is 0 Å². The number of hydrogen-bond donors (Lipinski definition) is 0. The summed E-state index contributed by atoms with van der Waals surface area (Å²) in [6.45, 7) is 2.58. The molecule has 0 amide bonds. The third kappa shape index (κ3) is 2.81. The van der Waals surface area contributed by atoms with E-state index in [2.05, 4.69) is 0 Å². The molecule has 2 aromatic rings. The van der Waals surface area contributed by atoms with E-state index in [9.17, 15) is 9.18 Å². The third-order valence-electron chi connectivity index (χ3n) is 3.20. The summed E-state index contributed by atoms with van der Waals surface area (Å²) in [6.07, 6.45) is 0.687. The van der Waals surface area contributed by atoms with Crippen LogP contribution in [0.5, 0.6) is 0 Å². The quantitative estimate of drug-likeness (QED) is 0.780. The summed E-state index contributed by atoms with van der Waals surface area (Å²) < 4.78 is 13.9. The lowest BCUT2D eigenvalue weighted by atomic mass is 10.1. The fourth-order valence-corrected chi connectivity index (χ4v) is 2.15. The van der Waals surface area contributed by atoms with Gasteiger partial charge in [-0.15, -0.1) is 0 Å². The molecule has 0 aromatic heterocycles. The molecule has 0 unspecified atom stereocenters. The Morgan fingerprint density at radius 1 is 1.16 bits per heavy atom. The zero-order chi connectivity index (χ0) is 13.8. The smallest absolute Gasteiger partial charge is 0.152 e. The van der Waals surface area contributed by atoms with E-state index < -0.39 is 0 Å². The van der Waals surface area contributed by atoms with Gasteiger partial charge in [0, 0.05) is 19.2 Å². The Morgan fingerprint density at radius 3 is 2.58 bits per heavy atom. The molecule has 0 aliphatic rings. The van der Waals surface area contributed by atoms with E-state index in [1.54, 1.807) is 24.1 Å². The first-order valence-corrected chi connectivity index (χ1v) is 6.13. The molecule has 0 bridgehead atoms. The topological polar surface area (TPSA) is 20.3 Å². The number of aldehydes is 1. The fourth-order valence-electron chi connectivity index (χ4n) is 2.15. The number of carbonyl (C=O) groups excluding carboxylic acids is 1. The third-order valence-corrected chi connectivity index (χ3v) is 3.20. The van der Waals surface area contributed by atoms with Crippen LogP contribution in [0.1, 0.15) is 21.5 Å². The lowest BCUT2D eigenvalue weighted by molar-refractivity contribution is 0.112. The number of benzene rings is 2. The molecule has 0 atom stereocenters. The highest BCUT2D eigenvalue weighted by atomic mass is 19.1. The van der Waals surface area contributed by atoms with E-state index in [1.165, 1.54) is 6.07 Å². The Labute approximate surface area is 112 Å². The Morgan fingerprint density at radius 2 is 1.89 bits per heavy atom. The maximum atomic E-state index is 13.9. The van der Waals surface area contributed by atoms with E-state index in [-0.39, 0.29) is 5.82 Å². The van der Waals surface area contributed by atoms with Crippen molar-refractivity contribution in [2.75, 3.05) is 11.9 Å². The Bertz CT molecular complexity index is 595. The van der Waals surface area contributed by atoms with Crippen LogP contribution in [0.3, 0.4) is 0 Å². The van der Waals surface area contributed by atoms with Crippen LogP contribution < -0.4 is 4.90 Å². The zero-order valence-corrected chi connectivity index (χ0v) is 11.1. The van der Waals surface area contributed by atoms with Gasteiger partial charge >= 0.3 is 0 Å². The molecule has 0 radical (unpaired) electrons. The Hall–Kier alpha value is -2.16. The van der Waals surface area contributed by atoms with Gasteiger partial charge in [-0.2, -0.15) is 0 Å². The van der Waals surface area contributed by atoms with Crippen molar-refractivity contribution >= 4 is 12.0 Å². The molecular formula is C16H16FNO. The highest BCUT2D eigenvalue weighted by Gasteiger charge is 2.13. The van der Waals surface area contributed by atoms with Gasteiger partial charge in [0.05, 0.1) is 5.69 Å². The molecule has 0 spiro atoms. The van der Waals surface area contributed by atoms with Crippen molar-refractivity contribution in [1.82, 2.24) is 0 Å². The monoisotopic (exact) mass is 257 g/mol. The highest BCUT2D eigenvalue weighted by molar-refractivity contribution is 5.84. The van der Waals surface area contributed by atoms with Gasteiger partial charge in [0.15, 0.2) is 6.29 Å². The largest absolute Gasteiger partial charge is 0.367 e. The zero-order valence-electron chi connectivity index (χ0n) is 11.1. The molecule has 19 heavy (non-hydrogen) atoms.